The van der Waals surface area contributed by atoms with Crippen molar-refractivity contribution in [3.63, 3.8) is 0 Å². The normalized spacial score (nSPS) is 12.3. The highest BCUT2D eigenvalue weighted by Gasteiger charge is 2.26. The molecule has 0 radical (unpaired) electrons. The molecule has 30 aromatic rings. The monoisotopic (exact) mass is 1860 g/mol. The van der Waals surface area contributed by atoms with E-state index in [0.717, 1.165) is 120 Å². The second kappa shape index (κ2) is 36.8. The van der Waals surface area contributed by atoms with Crippen molar-refractivity contribution in [3.8, 4) is 111 Å². The van der Waals surface area contributed by atoms with E-state index in [4.69, 9.17) is 19.8 Å². The molecule has 0 aliphatic rings. The zero-order valence-electron chi connectivity index (χ0n) is 87.3. The lowest BCUT2D eigenvalue weighted by Crippen LogP contribution is -1.92. The molecule has 0 N–H and O–H groups in total. The molecule has 0 bridgehead atoms. The highest BCUT2D eigenvalue weighted by molar-refractivity contribution is 6.29. The van der Waals surface area contributed by atoms with E-state index in [1.807, 2.05) is 72.8 Å². The third-order valence-electron chi connectivity index (χ3n) is 29.3. The molecule has 0 unspecified atom stereocenters. The van der Waals surface area contributed by atoms with Crippen LogP contribution in [0, 0.1) is 0 Å². The Morgan fingerprint density at radius 3 is 0.767 bits per heavy atom. The molecule has 2 aromatic heterocycles. The fourth-order valence-corrected chi connectivity index (χ4v) is 22.9. The summed E-state index contributed by atoms with van der Waals surface area (Å²) in [7, 11) is 0. The van der Waals surface area contributed by atoms with Crippen molar-refractivity contribution in [1.82, 2.24) is 0 Å². The molecule has 2 heteroatoms. The summed E-state index contributed by atoms with van der Waals surface area (Å²) in [6.45, 7) is 0. The summed E-state index contributed by atoms with van der Waals surface area (Å²) in [5.74, 6) is 0. The van der Waals surface area contributed by atoms with Crippen molar-refractivity contribution in [2.45, 2.75) is 0 Å². The highest BCUT2D eigenvalue weighted by Crippen LogP contribution is 2.53. The fraction of sp³-hybridized carbons (Fsp3) is 0. The van der Waals surface area contributed by atoms with Crippen LogP contribution in [0.25, 0.3) is 284 Å². The summed E-state index contributed by atoms with van der Waals surface area (Å²) in [5.41, 5.74) is 25.5. The Labute approximate surface area is 856 Å². The number of hydrogen-bond donors (Lipinski definition) is 0. The Kier molecular flexibility index (Phi) is 19.6. The van der Waals surface area contributed by atoms with Crippen LogP contribution in [0.15, 0.2) is 567 Å². The number of benzene rings is 28. The molecule has 146 heavy (non-hydrogen) atoms. The molecule has 0 fully saturated rings. The summed E-state index contributed by atoms with van der Waals surface area (Å²) in [4.78, 5) is 0. The van der Waals surface area contributed by atoms with Gasteiger partial charge in [-0.15, -0.1) is 0 Å². The summed E-state index contributed by atoms with van der Waals surface area (Å²) in [5, 5.41) is 32.6. The fourth-order valence-electron chi connectivity index (χ4n) is 22.9. The van der Waals surface area contributed by atoms with Crippen LogP contribution >= 0.6 is 0 Å². The zero-order chi connectivity index (χ0) is 103. The van der Waals surface area contributed by atoms with Crippen LogP contribution in [0.4, 0.5) is 0 Å². The topological polar surface area (TPSA) is 26.3 Å². The minimum Gasteiger partial charge on any atom is -0.456 e. The van der Waals surface area contributed by atoms with Crippen LogP contribution in [0.5, 0.6) is 0 Å². The van der Waals surface area contributed by atoms with Gasteiger partial charge in [-0.2, -0.15) is 0 Å². The Hall–Kier alpha value is -19.1. The minimum absolute atomic E-state index is 0.0469. The maximum atomic E-state index is 8.68. The van der Waals surface area contributed by atoms with Gasteiger partial charge in [-0.1, -0.05) is 503 Å². The first-order valence-corrected chi connectivity index (χ1v) is 49.6. The molecule has 0 amide bonds. The predicted octanol–water partition coefficient (Wildman–Crippen LogP) is 41.1. The number of fused-ring (bicyclic) bond motifs is 18. The first kappa shape index (κ1) is 77.7. The molecular formula is C144H92O2. The van der Waals surface area contributed by atoms with Crippen LogP contribution in [0.1, 0.15) is 11.0 Å². The molecule has 30 rings (SSSR count). The highest BCUT2D eigenvalue weighted by atomic mass is 16.3. The molecular weight excluding hydrogens is 1760 g/mol. The van der Waals surface area contributed by atoms with E-state index in [1.165, 1.54) is 153 Å². The van der Waals surface area contributed by atoms with Gasteiger partial charge >= 0.3 is 0 Å². The van der Waals surface area contributed by atoms with E-state index in [1.54, 1.807) is 12.1 Å². The number of hydrogen-bond acceptors (Lipinski definition) is 2. The van der Waals surface area contributed by atoms with Gasteiger partial charge in [0.25, 0.3) is 0 Å². The lowest BCUT2D eigenvalue weighted by atomic mass is 9.83. The SMILES string of the molecule is [2H]c1c([2H])c([2H])c(-c2c3ccccc3c(-c3cccc4ccccc34)c3ccccc23)c([2H])c1[2H].[2H]c1cc(-c2ccccc2-c2c3ccccc3c(-c3ccccc3)c3ccccc23)cc([2H])c1[2H].c1ccc(-c2ccccc2-c2c3ccccc3c(-c3ccc4oc5cc6ccccc6cc5c4c3)c3ccccc23)cc1.c1ccc2cc(-c3c4ccccc4c(-c4ccc5oc6cc7ccccc7cc6c5c4)c4ccccc34)ccc2c1. The van der Waals surface area contributed by atoms with Crippen LogP contribution in [0.2, 0.25) is 0 Å². The van der Waals surface area contributed by atoms with Gasteiger partial charge in [-0.25, -0.2) is 0 Å². The second-order valence-electron chi connectivity index (χ2n) is 37.5. The molecule has 680 valence electrons. The van der Waals surface area contributed by atoms with Gasteiger partial charge in [0.05, 0.1) is 11.0 Å². The molecule has 2 heterocycles. The number of rotatable bonds is 10. The van der Waals surface area contributed by atoms with Gasteiger partial charge < -0.3 is 8.83 Å². The maximum Gasteiger partial charge on any atom is 0.136 e. The van der Waals surface area contributed by atoms with Gasteiger partial charge in [-0.3, -0.25) is 0 Å². The van der Waals surface area contributed by atoms with Crippen molar-refractivity contribution >= 4 is 173 Å². The van der Waals surface area contributed by atoms with E-state index < -0.39 is 0 Å². The molecule has 0 saturated carbocycles. The van der Waals surface area contributed by atoms with E-state index >= 15 is 0 Å². The van der Waals surface area contributed by atoms with Crippen LogP contribution in [0.3, 0.4) is 0 Å². The molecule has 0 spiro atoms. The average Bonchev–Trinajstić information content (AvgIpc) is 1.04. The average molecular weight is 1860 g/mol. The third-order valence-corrected chi connectivity index (χ3v) is 29.3. The third kappa shape index (κ3) is 15.1. The molecule has 2 nitrogen and oxygen atoms in total. The molecule has 0 aliphatic carbocycles. The molecule has 0 aliphatic heterocycles. The van der Waals surface area contributed by atoms with E-state index in [2.05, 4.69) is 425 Å². The molecule has 28 aromatic carbocycles. The van der Waals surface area contributed by atoms with E-state index in [9.17, 15) is 0 Å². The quantitative estimate of drug-likeness (QED) is 0.128. The second-order valence-corrected chi connectivity index (χ2v) is 37.5. The van der Waals surface area contributed by atoms with Crippen LogP contribution < -0.4 is 0 Å². The van der Waals surface area contributed by atoms with Crippen molar-refractivity contribution in [1.29, 1.82) is 0 Å². The summed E-state index contributed by atoms with van der Waals surface area (Å²) in [6.07, 6.45) is 0. The predicted molar refractivity (Wildman–Crippen MR) is 625 cm³/mol. The van der Waals surface area contributed by atoms with Gasteiger partial charge in [0.1, 0.15) is 22.3 Å². The standard InChI is InChI=1S/C42H26O.C40H24O.C32H22.C30H20/c1-2-12-27(13-3-1)31-16-6-7-17-32(31)42-35-20-10-8-18-33(35)41(34-19-9-11-21-36(34)42)30-22-23-39-37(25-30)38-24-28-14-4-5-15-29(28)26-40(38)43-39;1-2-10-26-21-29(18-17-25(26)9-1)39-31-13-5-7-15-33(31)40(34-16-8-6-14-32(34)39)30-19-20-37-35(23-30)36-22-27-11-3-4-12-28(27)24-38(36)41-37;1-3-13-23(14-4-1)25-17-7-8-18-26(25)32-29-21-11-9-19-27(29)31(24-15-5-2-6-16-24)28-20-10-12-22-30(28)32;1-2-12-22(13-3-1)29-25-16-6-8-18-27(25)30(28-19-9-7-17-26(28)29)24-20-10-14-21-11-4-5-15-23(21)24/h1-26H;1-24H;1-22H;1-20H/i;;1D,3D,4D;1D,2D,3D,12D,13D. The first-order valence-electron chi connectivity index (χ1n) is 53.6. The largest absolute Gasteiger partial charge is 0.456 e. The Morgan fingerprint density at radius 2 is 0.370 bits per heavy atom. The Morgan fingerprint density at radius 1 is 0.116 bits per heavy atom. The minimum atomic E-state index is -0.385. The smallest absolute Gasteiger partial charge is 0.136 e. The van der Waals surface area contributed by atoms with Gasteiger partial charge in [0.15, 0.2) is 0 Å². The summed E-state index contributed by atoms with van der Waals surface area (Å²) in [6, 6.07) is 178. The van der Waals surface area contributed by atoms with Crippen molar-refractivity contribution < 1.29 is 19.8 Å². The van der Waals surface area contributed by atoms with E-state index in [-0.39, 0.29) is 53.9 Å². The van der Waals surface area contributed by atoms with Gasteiger partial charge in [0, 0.05) is 21.5 Å². The molecule has 0 atom stereocenters. The lowest BCUT2D eigenvalue weighted by Gasteiger charge is -2.19. The maximum absolute atomic E-state index is 8.68. The Bertz CT molecular complexity index is 10700. The van der Waals surface area contributed by atoms with Gasteiger partial charge in [-0.05, 0) is 295 Å². The lowest BCUT2D eigenvalue weighted by molar-refractivity contribution is 0.669. The molecule has 0 saturated heterocycles. The first-order chi connectivity index (χ1) is 75.8. The summed E-state index contributed by atoms with van der Waals surface area (Å²) >= 11 is 0. The van der Waals surface area contributed by atoms with Crippen molar-refractivity contribution in [2.75, 3.05) is 0 Å². The van der Waals surface area contributed by atoms with Crippen LogP contribution in [-0.2, 0) is 0 Å². The Balaban J connectivity index is 0.000000101. The van der Waals surface area contributed by atoms with Gasteiger partial charge in [0.2, 0.25) is 0 Å². The van der Waals surface area contributed by atoms with Crippen LogP contribution in [-0.4, -0.2) is 0 Å². The van der Waals surface area contributed by atoms with E-state index in [0.29, 0.717) is 5.56 Å². The number of furan rings is 2. The summed E-state index contributed by atoms with van der Waals surface area (Å²) < 4.78 is 79.0. The zero-order valence-corrected chi connectivity index (χ0v) is 79.3. The van der Waals surface area contributed by atoms with Crippen molar-refractivity contribution in [3.05, 3.63) is 558 Å². The van der Waals surface area contributed by atoms with Crippen molar-refractivity contribution in [2.24, 2.45) is 0 Å².